The molecule has 0 fully saturated rings. The minimum Gasteiger partial charge on any atom is -0.310 e. The number of nitrogens with zero attached hydrogens (tertiary/aromatic N) is 1. The molecule has 0 radical (unpaired) electrons. The van der Waals surface area contributed by atoms with Gasteiger partial charge in [-0.3, -0.25) is 0 Å². The summed E-state index contributed by atoms with van der Waals surface area (Å²) >= 11 is 1.84. The first-order valence-corrected chi connectivity index (χ1v) is 20.7. The SMILES string of the molecule is [2H]C([2H])([2H])C1(C([2H])([2H])[2H])c2cc(-c3ccccc3)ccc2-c2ccc(N(c3ccc4c(c3)C(C)(C)c3c-4sc(-c4ccccc4)c3-c3ccccc3)c3ccc4ccccc4c3)cc21. The van der Waals surface area contributed by atoms with Crippen LogP contribution in [-0.4, -0.2) is 0 Å². The van der Waals surface area contributed by atoms with Crippen LogP contribution in [0.5, 0.6) is 0 Å². The van der Waals surface area contributed by atoms with Crippen molar-refractivity contribution >= 4 is 39.2 Å². The molecule has 278 valence electrons. The number of thiophene rings is 1. The summed E-state index contributed by atoms with van der Waals surface area (Å²) in [6.45, 7) is -1.23. The lowest BCUT2D eigenvalue weighted by Crippen LogP contribution is -2.18. The molecule has 58 heavy (non-hydrogen) atoms. The van der Waals surface area contributed by atoms with Gasteiger partial charge in [0.25, 0.3) is 0 Å². The first-order valence-electron chi connectivity index (χ1n) is 22.8. The second-order valence-electron chi connectivity index (χ2n) is 16.1. The Kier molecular flexibility index (Phi) is 6.48. The molecular formula is C56H43NS. The van der Waals surface area contributed by atoms with Crippen molar-refractivity contribution < 1.29 is 8.22 Å². The molecule has 0 amide bonds. The fraction of sp³-hybridized carbons (Fsp3) is 0.107. The molecule has 2 aliphatic rings. The van der Waals surface area contributed by atoms with Gasteiger partial charge in [-0.25, -0.2) is 0 Å². The van der Waals surface area contributed by atoms with Crippen molar-refractivity contribution in [2.75, 3.05) is 4.90 Å². The minimum atomic E-state index is -2.93. The molecule has 0 atom stereocenters. The molecule has 0 saturated carbocycles. The van der Waals surface area contributed by atoms with Gasteiger partial charge in [0.15, 0.2) is 0 Å². The van der Waals surface area contributed by atoms with E-state index in [0.717, 1.165) is 33.3 Å². The molecule has 11 rings (SSSR count). The van der Waals surface area contributed by atoms with E-state index in [1.54, 1.807) is 6.07 Å². The van der Waals surface area contributed by atoms with E-state index >= 15 is 0 Å². The van der Waals surface area contributed by atoms with E-state index in [-0.39, 0.29) is 5.56 Å². The van der Waals surface area contributed by atoms with Crippen LogP contribution in [0.4, 0.5) is 17.1 Å². The van der Waals surface area contributed by atoms with E-state index in [2.05, 4.69) is 128 Å². The molecule has 2 heteroatoms. The maximum atomic E-state index is 9.15. The maximum Gasteiger partial charge on any atom is 0.0468 e. The average molecular weight is 768 g/mol. The Hall–Kier alpha value is -6.48. The molecule has 1 aromatic heterocycles. The van der Waals surface area contributed by atoms with Gasteiger partial charge < -0.3 is 4.90 Å². The zero-order valence-electron chi connectivity index (χ0n) is 38.3. The topological polar surface area (TPSA) is 3.24 Å². The predicted octanol–water partition coefficient (Wildman–Crippen LogP) is 16.0. The third-order valence-electron chi connectivity index (χ3n) is 12.3. The third-order valence-corrected chi connectivity index (χ3v) is 13.6. The summed E-state index contributed by atoms with van der Waals surface area (Å²) in [5.41, 5.74) is 10.5. The highest BCUT2D eigenvalue weighted by Gasteiger charge is 2.42. The van der Waals surface area contributed by atoms with Crippen molar-refractivity contribution in [2.45, 2.75) is 38.4 Å². The fourth-order valence-electron chi connectivity index (χ4n) is 9.44. The van der Waals surface area contributed by atoms with Crippen LogP contribution >= 0.6 is 11.3 Å². The number of hydrogen-bond donors (Lipinski definition) is 0. The van der Waals surface area contributed by atoms with E-state index in [1.165, 1.54) is 43.1 Å². The van der Waals surface area contributed by atoms with Gasteiger partial charge in [0, 0.05) is 51.4 Å². The summed E-state index contributed by atoms with van der Waals surface area (Å²) in [4.78, 5) is 4.66. The fourth-order valence-corrected chi connectivity index (χ4v) is 11.0. The summed E-state index contributed by atoms with van der Waals surface area (Å²) in [6, 6.07) is 63.6. The Morgan fingerprint density at radius 2 is 0.931 bits per heavy atom. The third kappa shape index (κ3) is 5.29. The van der Waals surface area contributed by atoms with Gasteiger partial charge in [0.05, 0.1) is 0 Å². The number of hydrogen-bond acceptors (Lipinski definition) is 2. The van der Waals surface area contributed by atoms with Crippen LogP contribution in [0.1, 0.15) is 58.0 Å². The van der Waals surface area contributed by atoms with Crippen LogP contribution in [0.25, 0.3) is 65.0 Å². The van der Waals surface area contributed by atoms with Crippen LogP contribution in [0.3, 0.4) is 0 Å². The van der Waals surface area contributed by atoms with E-state index in [1.807, 2.05) is 84.1 Å². The standard InChI is InChI=1S/C56H43NS/c1-55(2)48-33-41(36-16-8-5-9-17-36)25-29-45(48)46-30-27-43(34-49(46)55)57(42-26-24-37-18-14-15-23-40(37)32-42)44-28-31-47-50(35-44)56(3,4)52-51(38-19-10-6-11-20-38)53(58-54(47)52)39-21-12-7-13-22-39/h5-35H,1-4H3/i1D3,2D3. The molecule has 0 spiro atoms. The van der Waals surface area contributed by atoms with Crippen molar-refractivity contribution in [1.29, 1.82) is 0 Å². The van der Waals surface area contributed by atoms with E-state index in [4.69, 9.17) is 8.22 Å². The highest BCUT2D eigenvalue weighted by atomic mass is 32.1. The number of anilines is 3. The minimum absolute atomic E-state index is 0.278. The van der Waals surface area contributed by atoms with Crippen molar-refractivity contribution in [2.24, 2.45) is 0 Å². The Morgan fingerprint density at radius 3 is 1.60 bits per heavy atom. The highest BCUT2D eigenvalue weighted by Crippen LogP contribution is 2.60. The summed E-state index contributed by atoms with van der Waals surface area (Å²) < 4.78 is 54.9. The first kappa shape index (κ1) is 28.8. The number of fused-ring (bicyclic) bond motifs is 7. The molecule has 0 unspecified atom stereocenters. The molecule has 0 N–H and O–H groups in total. The average Bonchev–Trinajstić information content (AvgIpc) is 3.92. The van der Waals surface area contributed by atoms with Crippen molar-refractivity contribution in [3.05, 3.63) is 210 Å². The van der Waals surface area contributed by atoms with Gasteiger partial charge in [-0.05, 0) is 114 Å². The molecule has 1 nitrogen and oxygen atoms in total. The van der Waals surface area contributed by atoms with Gasteiger partial charge in [-0.1, -0.05) is 173 Å². The second-order valence-corrected chi connectivity index (χ2v) is 17.1. The predicted molar refractivity (Wildman–Crippen MR) is 248 cm³/mol. The maximum absolute atomic E-state index is 9.15. The molecule has 9 aromatic rings. The van der Waals surface area contributed by atoms with Crippen LogP contribution in [-0.2, 0) is 10.8 Å². The molecular weight excluding hydrogens is 719 g/mol. The van der Waals surface area contributed by atoms with Crippen LogP contribution in [0.2, 0.25) is 0 Å². The zero-order valence-corrected chi connectivity index (χ0v) is 33.1. The largest absolute Gasteiger partial charge is 0.310 e. The van der Waals surface area contributed by atoms with Crippen LogP contribution in [0.15, 0.2) is 188 Å². The normalized spacial score (nSPS) is 16.1. The first-order chi connectivity index (χ1) is 30.8. The molecule has 0 aliphatic heterocycles. The lowest BCUT2D eigenvalue weighted by Gasteiger charge is -2.30. The lowest BCUT2D eigenvalue weighted by molar-refractivity contribution is 0.660. The lowest BCUT2D eigenvalue weighted by atomic mass is 9.79. The van der Waals surface area contributed by atoms with Crippen LogP contribution < -0.4 is 4.90 Å². The molecule has 2 aliphatic carbocycles. The van der Waals surface area contributed by atoms with Crippen molar-refractivity contribution in [3.63, 3.8) is 0 Å². The van der Waals surface area contributed by atoms with Crippen LogP contribution in [0, 0.1) is 0 Å². The Labute approximate surface area is 354 Å². The van der Waals surface area contributed by atoms with Crippen molar-refractivity contribution in [3.8, 4) is 54.3 Å². The monoisotopic (exact) mass is 767 g/mol. The Bertz CT molecular complexity index is 3260. The summed E-state index contributed by atoms with van der Waals surface area (Å²) in [5.74, 6) is 0. The summed E-state index contributed by atoms with van der Waals surface area (Å²) in [7, 11) is 0. The summed E-state index contributed by atoms with van der Waals surface area (Å²) in [5, 5.41) is 2.15. The molecule has 1 heterocycles. The van der Waals surface area contributed by atoms with Gasteiger partial charge >= 0.3 is 0 Å². The van der Waals surface area contributed by atoms with Gasteiger partial charge in [-0.2, -0.15) is 0 Å². The number of benzene rings is 8. The molecule has 0 saturated heterocycles. The van der Waals surface area contributed by atoms with Gasteiger partial charge in [0.2, 0.25) is 0 Å². The summed E-state index contributed by atoms with van der Waals surface area (Å²) in [6.07, 6.45) is 0. The van der Waals surface area contributed by atoms with Gasteiger partial charge in [0.1, 0.15) is 0 Å². The second kappa shape index (κ2) is 13.0. The van der Waals surface area contributed by atoms with E-state index in [9.17, 15) is 0 Å². The van der Waals surface area contributed by atoms with E-state index in [0.29, 0.717) is 22.4 Å². The molecule has 0 bridgehead atoms. The Morgan fingerprint density at radius 1 is 0.414 bits per heavy atom. The highest BCUT2D eigenvalue weighted by molar-refractivity contribution is 7.20. The number of rotatable bonds is 6. The Balaban J connectivity index is 1.13. The quantitative estimate of drug-likeness (QED) is 0.163. The van der Waals surface area contributed by atoms with E-state index < -0.39 is 24.5 Å². The molecule has 8 aromatic carbocycles. The smallest absolute Gasteiger partial charge is 0.0468 e. The van der Waals surface area contributed by atoms with Crippen molar-refractivity contribution in [1.82, 2.24) is 0 Å². The zero-order chi connectivity index (χ0) is 44.2. The van der Waals surface area contributed by atoms with Gasteiger partial charge in [-0.15, -0.1) is 11.3 Å².